The van der Waals surface area contributed by atoms with Crippen molar-refractivity contribution in [3.8, 4) is 0 Å². The van der Waals surface area contributed by atoms with Gasteiger partial charge in [0.2, 0.25) is 6.41 Å². The van der Waals surface area contributed by atoms with Crippen molar-refractivity contribution in [2.45, 2.75) is 26.8 Å². The van der Waals surface area contributed by atoms with Gasteiger partial charge in [0, 0.05) is 15.4 Å². The van der Waals surface area contributed by atoms with Crippen LogP contribution in [0.15, 0.2) is 30.3 Å². The Balaban J connectivity index is 2.25. The molecule has 1 heterocycles. The van der Waals surface area contributed by atoms with E-state index in [2.05, 4.69) is 10.6 Å². The van der Waals surface area contributed by atoms with Gasteiger partial charge in [0.25, 0.3) is 5.91 Å². The minimum absolute atomic E-state index is 0.235. The van der Waals surface area contributed by atoms with E-state index in [1.807, 2.05) is 51.1 Å². The molecule has 0 saturated carbocycles. The van der Waals surface area contributed by atoms with Crippen molar-refractivity contribution >= 4 is 29.3 Å². The molecule has 1 atom stereocenters. The van der Waals surface area contributed by atoms with Crippen molar-refractivity contribution in [1.29, 1.82) is 0 Å². The Morgan fingerprint density at radius 3 is 2.33 bits per heavy atom. The van der Waals surface area contributed by atoms with Gasteiger partial charge in [-0.2, -0.15) is 0 Å². The molecule has 0 aliphatic heterocycles. The Bertz CT molecular complexity index is 644. The lowest BCUT2D eigenvalue weighted by atomic mass is 10.1. The molecule has 4 nitrogen and oxygen atoms in total. The fourth-order valence-electron chi connectivity index (χ4n) is 2.17. The molecule has 5 heteroatoms. The van der Waals surface area contributed by atoms with E-state index in [0.29, 0.717) is 6.41 Å². The summed E-state index contributed by atoms with van der Waals surface area (Å²) in [5, 5.41) is 5.51. The third-order valence-electron chi connectivity index (χ3n) is 3.27. The fraction of sp³-hybridized carbons (Fsp3) is 0.250. The van der Waals surface area contributed by atoms with Gasteiger partial charge >= 0.3 is 0 Å². The van der Waals surface area contributed by atoms with Crippen LogP contribution in [0.1, 0.15) is 26.9 Å². The first-order chi connectivity index (χ1) is 10.0. The van der Waals surface area contributed by atoms with E-state index in [0.717, 1.165) is 26.6 Å². The summed E-state index contributed by atoms with van der Waals surface area (Å²) < 4.78 is 0. The predicted octanol–water partition coefficient (Wildman–Crippen LogP) is 3.10. The van der Waals surface area contributed by atoms with Crippen LogP contribution < -0.4 is 10.6 Å². The van der Waals surface area contributed by atoms with Crippen LogP contribution >= 0.6 is 11.3 Å². The molecule has 0 aliphatic rings. The number of thiophene rings is 1. The first kappa shape index (κ1) is 15.3. The summed E-state index contributed by atoms with van der Waals surface area (Å²) in [6, 6.07) is 8.97. The molecule has 0 fully saturated rings. The number of rotatable bonds is 5. The number of benzene rings is 1. The van der Waals surface area contributed by atoms with Gasteiger partial charge < -0.3 is 10.6 Å². The maximum atomic E-state index is 12.5. The van der Waals surface area contributed by atoms with Crippen molar-refractivity contribution in [3.05, 3.63) is 51.2 Å². The van der Waals surface area contributed by atoms with E-state index >= 15 is 0 Å². The molecule has 1 aromatic heterocycles. The maximum Gasteiger partial charge on any atom is 0.252 e. The molecule has 21 heavy (non-hydrogen) atoms. The van der Waals surface area contributed by atoms with Crippen LogP contribution in [-0.2, 0) is 9.59 Å². The van der Waals surface area contributed by atoms with Gasteiger partial charge in [0.05, 0.1) is 0 Å². The van der Waals surface area contributed by atoms with Crippen molar-refractivity contribution in [1.82, 2.24) is 5.32 Å². The number of para-hydroxylation sites is 1. The van der Waals surface area contributed by atoms with Crippen molar-refractivity contribution < 1.29 is 9.59 Å². The third-order valence-corrected chi connectivity index (χ3v) is 4.34. The Hall–Kier alpha value is -2.14. The van der Waals surface area contributed by atoms with E-state index in [1.54, 1.807) is 0 Å². The second-order valence-corrected chi connectivity index (χ2v) is 6.24. The lowest BCUT2D eigenvalue weighted by Crippen LogP contribution is -2.32. The normalized spacial score (nSPS) is 11.8. The van der Waals surface area contributed by atoms with E-state index in [1.165, 1.54) is 11.3 Å². The second kappa shape index (κ2) is 6.54. The van der Waals surface area contributed by atoms with Crippen LogP contribution in [0, 0.1) is 20.8 Å². The summed E-state index contributed by atoms with van der Waals surface area (Å²) in [7, 11) is 0. The minimum Gasteiger partial charge on any atom is -0.343 e. The summed E-state index contributed by atoms with van der Waals surface area (Å²) in [5.74, 6) is -0.235. The summed E-state index contributed by atoms with van der Waals surface area (Å²) in [4.78, 5) is 25.2. The van der Waals surface area contributed by atoms with Crippen LogP contribution in [0.4, 0.5) is 5.69 Å². The molecule has 1 unspecified atom stereocenters. The minimum atomic E-state index is -0.666. The van der Waals surface area contributed by atoms with Crippen molar-refractivity contribution in [2.24, 2.45) is 0 Å². The molecule has 2 amide bonds. The molecular formula is C16H18N2O2S. The van der Waals surface area contributed by atoms with E-state index < -0.39 is 6.04 Å². The van der Waals surface area contributed by atoms with Gasteiger partial charge in [0.1, 0.15) is 6.04 Å². The molecule has 0 radical (unpaired) electrons. The average molecular weight is 302 g/mol. The Kier molecular flexibility index (Phi) is 4.75. The number of amides is 2. The molecule has 2 N–H and O–H groups in total. The van der Waals surface area contributed by atoms with Crippen molar-refractivity contribution in [2.75, 3.05) is 5.32 Å². The van der Waals surface area contributed by atoms with Crippen LogP contribution in [0.5, 0.6) is 0 Å². The van der Waals surface area contributed by atoms with E-state index in [9.17, 15) is 9.59 Å². The van der Waals surface area contributed by atoms with Gasteiger partial charge in [-0.1, -0.05) is 18.2 Å². The lowest BCUT2D eigenvalue weighted by molar-refractivity contribution is -0.121. The highest BCUT2D eigenvalue weighted by Crippen LogP contribution is 2.25. The zero-order chi connectivity index (χ0) is 15.4. The summed E-state index contributed by atoms with van der Waals surface area (Å²) in [5.41, 5.74) is 2.79. The van der Waals surface area contributed by atoms with Crippen LogP contribution in [0.3, 0.4) is 0 Å². The number of carbonyl (C=O) groups is 2. The largest absolute Gasteiger partial charge is 0.343 e. The summed E-state index contributed by atoms with van der Waals surface area (Å²) in [6.45, 7) is 5.86. The number of anilines is 1. The van der Waals surface area contributed by atoms with Crippen LogP contribution in [0.2, 0.25) is 0 Å². The fourth-order valence-corrected chi connectivity index (χ4v) is 3.11. The smallest absolute Gasteiger partial charge is 0.252 e. The molecule has 110 valence electrons. The number of aryl methyl sites for hydroxylation is 3. The highest BCUT2D eigenvalue weighted by atomic mass is 32.1. The molecular weight excluding hydrogens is 284 g/mol. The molecule has 0 bridgehead atoms. The summed E-state index contributed by atoms with van der Waals surface area (Å²) >= 11 is 1.50. The second-order valence-electron chi connectivity index (χ2n) is 4.92. The molecule has 2 aromatic rings. The zero-order valence-electron chi connectivity index (χ0n) is 12.3. The standard InChI is InChI=1S/C16H18N2O2S/c1-10-5-4-6-11(2)14(10)18-16(20)15(17-9-19)13-8-7-12(3)21-13/h4-9,15H,1-3H3,(H,17,19)(H,18,20). The number of carbonyl (C=O) groups excluding carboxylic acids is 2. The molecule has 2 rings (SSSR count). The quantitative estimate of drug-likeness (QED) is 0.834. The molecule has 0 saturated heterocycles. The number of hydrogen-bond donors (Lipinski definition) is 2. The van der Waals surface area contributed by atoms with Crippen LogP contribution in [0.25, 0.3) is 0 Å². The monoisotopic (exact) mass is 302 g/mol. The van der Waals surface area contributed by atoms with Gasteiger partial charge in [-0.15, -0.1) is 11.3 Å². The summed E-state index contributed by atoms with van der Waals surface area (Å²) in [6.07, 6.45) is 0.560. The first-order valence-corrected chi connectivity index (χ1v) is 7.47. The average Bonchev–Trinajstić information content (AvgIpc) is 2.86. The van der Waals surface area contributed by atoms with Crippen LogP contribution in [-0.4, -0.2) is 12.3 Å². The Morgan fingerprint density at radius 2 is 1.81 bits per heavy atom. The van der Waals surface area contributed by atoms with E-state index in [4.69, 9.17) is 0 Å². The van der Waals surface area contributed by atoms with Gasteiger partial charge in [-0.3, -0.25) is 9.59 Å². The lowest BCUT2D eigenvalue weighted by Gasteiger charge is -2.17. The third kappa shape index (κ3) is 3.49. The van der Waals surface area contributed by atoms with Gasteiger partial charge in [-0.05, 0) is 44.0 Å². The van der Waals surface area contributed by atoms with Crippen molar-refractivity contribution in [3.63, 3.8) is 0 Å². The number of nitrogens with one attached hydrogen (secondary N) is 2. The highest BCUT2D eigenvalue weighted by molar-refractivity contribution is 7.12. The first-order valence-electron chi connectivity index (χ1n) is 6.66. The Labute approximate surface area is 128 Å². The maximum absolute atomic E-state index is 12.5. The SMILES string of the molecule is Cc1ccc(C(NC=O)C(=O)Nc2c(C)cccc2C)s1. The predicted molar refractivity (Wildman–Crippen MR) is 85.5 cm³/mol. The molecule has 0 spiro atoms. The topological polar surface area (TPSA) is 58.2 Å². The highest BCUT2D eigenvalue weighted by Gasteiger charge is 2.22. The number of hydrogen-bond acceptors (Lipinski definition) is 3. The van der Waals surface area contributed by atoms with Gasteiger partial charge in [-0.25, -0.2) is 0 Å². The molecule has 0 aliphatic carbocycles. The Morgan fingerprint density at radius 1 is 1.14 bits per heavy atom. The van der Waals surface area contributed by atoms with Gasteiger partial charge in [0.15, 0.2) is 0 Å². The zero-order valence-corrected chi connectivity index (χ0v) is 13.1. The molecule has 1 aromatic carbocycles. The van der Waals surface area contributed by atoms with E-state index in [-0.39, 0.29) is 5.91 Å².